The maximum atomic E-state index is 6.64. The molecule has 2 aromatic carbocycles. The third-order valence-electron chi connectivity index (χ3n) is 6.85. The van der Waals surface area contributed by atoms with Gasteiger partial charge < -0.3 is 4.42 Å². The van der Waals surface area contributed by atoms with Crippen LogP contribution in [0.25, 0.3) is 17.1 Å². The van der Waals surface area contributed by atoms with E-state index in [1.807, 2.05) is 30.6 Å². The minimum absolute atomic E-state index is 0.203. The number of hydrogen-bond acceptors (Lipinski definition) is 4. The Morgan fingerprint density at radius 2 is 1.97 bits per heavy atom. The van der Waals surface area contributed by atoms with E-state index in [0.717, 1.165) is 39.8 Å². The third kappa shape index (κ3) is 2.95. The molecule has 1 saturated carbocycles. The standard InChI is InChI=1S/C26H23ClN4O/c1-16-10-26(2,11-16)17-7-8-21-19(9-17)24(18-5-3-4-6-20(18)27)29-12-22-25(30-14-31(21)22)23-13-28-15-32-23/h3-9,13-16H,10-12H2,1-2H3. The number of nitrogens with zero attached hydrogens (tertiary/aromatic N) is 4. The Balaban J connectivity index is 1.57. The van der Waals surface area contributed by atoms with Crippen LogP contribution in [0.15, 0.2) is 70.8 Å². The van der Waals surface area contributed by atoms with Gasteiger partial charge in [-0.05, 0) is 47.9 Å². The molecule has 1 aliphatic heterocycles. The molecule has 4 aromatic rings. The lowest BCUT2D eigenvalue weighted by Crippen LogP contribution is -2.37. The number of imidazole rings is 1. The lowest BCUT2D eigenvalue weighted by molar-refractivity contribution is 0.178. The van der Waals surface area contributed by atoms with Crippen LogP contribution in [0.2, 0.25) is 5.02 Å². The van der Waals surface area contributed by atoms with Gasteiger partial charge in [-0.25, -0.2) is 9.97 Å². The molecule has 2 aromatic heterocycles. The molecule has 1 fully saturated rings. The van der Waals surface area contributed by atoms with Crippen LogP contribution in [-0.2, 0) is 12.0 Å². The minimum Gasteiger partial charge on any atom is -0.442 e. The molecule has 160 valence electrons. The lowest BCUT2D eigenvalue weighted by atomic mass is 9.60. The molecular formula is C26H23ClN4O. The number of fused-ring (bicyclic) bond motifs is 3. The Kier molecular flexibility index (Phi) is 4.37. The number of hydrogen-bond donors (Lipinski definition) is 0. The highest BCUT2D eigenvalue weighted by atomic mass is 35.5. The molecule has 0 bridgehead atoms. The Morgan fingerprint density at radius 1 is 1.12 bits per heavy atom. The number of halogens is 1. The van der Waals surface area contributed by atoms with Crippen molar-refractivity contribution in [3.63, 3.8) is 0 Å². The van der Waals surface area contributed by atoms with E-state index in [4.69, 9.17) is 21.0 Å². The molecule has 0 saturated heterocycles. The Morgan fingerprint density at radius 3 is 2.72 bits per heavy atom. The molecule has 1 aliphatic carbocycles. The fourth-order valence-corrected chi connectivity index (χ4v) is 5.64. The van der Waals surface area contributed by atoms with Crippen molar-refractivity contribution in [2.24, 2.45) is 10.9 Å². The zero-order chi connectivity index (χ0) is 21.9. The number of rotatable bonds is 3. The first kappa shape index (κ1) is 19.5. The van der Waals surface area contributed by atoms with Crippen LogP contribution in [0.1, 0.15) is 49.1 Å². The molecule has 0 atom stereocenters. The number of oxazole rings is 1. The molecule has 0 radical (unpaired) electrons. The molecule has 5 nitrogen and oxygen atoms in total. The summed E-state index contributed by atoms with van der Waals surface area (Å²) < 4.78 is 7.66. The first-order valence-corrected chi connectivity index (χ1v) is 11.3. The zero-order valence-corrected chi connectivity index (χ0v) is 18.8. The fraction of sp³-hybridized carbons (Fsp3) is 0.269. The van der Waals surface area contributed by atoms with Gasteiger partial charge in [-0.3, -0.25) is 9.56 Å². The first-order chi connectivity index (χ1) is 15.5. The van der Waals surface area contributed by atoms with Crippen molar-refractivity contribution in [2.75, 3.05) is 0 Å². The van der Waals surface area contributed by atoms with E-state index in [2.05, 4.69) is 46.6 Å². The van der Waals surface area contributed by atoms with Crippen LogP contribution in [0.4, 0.5) is 0 Å². The summed E-state index contributed by atoms with van der Waals surface area (Å²) in [5.41, 5.74) is 7.28. The van der Waals surface area contributed by atoms with Gasteiger partial charge in [0.15, 0.2) is 12.2 Å². The second-order valence-electron chi connectivity index (χ2n) is 9.23. The van der Waals surface area contributed by atoms with Crippen molar-refractivity contribution < 1.29 is 4.42 Å². The van der Waals surface area contributed by atoms with Gasteiger partial charge in [0.05, 0.1) is 29.8 Å². The lowest BCUT2D eigenvalue weighted by Gasteiger charge is -2.44. The minimum atomic E-state index is 0.203. The molecule has 0 unspecified atom stereocenters. The van der Waals surface area contributed by atoms with Crippen LogP contribution in [-0.4, -0.2) is 20.2 Å². The fourth-order valence-electron chi connectivity index (χ4n) is 5.42. The highest BCUT2D eigenvalue weighted by molar-refractivity contribution is 6.35. The highest BCUT2D eigenvalue weighted by Crippen LogP contribution is 2.48. The van der Waals surface area contributed by atoms with Crippen molar-refractivity contribution in [2.45, 2.75) is 38.6 Å². The summed E-state index contributed by atoms with van der Waals surface area (Å²) >= 11 is 6.64. The van der Waals surface area contributed by atoms with Gasteiger partial charge >= 0.3 is 0 Å². The number of aliphatic imine (C=N–C) groups is 1. The normalized spacial score (nSPS) is 21.8. The maximum absolute atomic E-state index is 6.64. The van der Waals surface area contributed by atoms with E-state index in [-0.39, 0.29) is 5.41 Å². The molecular weight excluding hydrogens is 420 g/mol. The van der Waals surface area contributed by atoms with Gasteiger partial charge in [0.1, 0.15) is 12.0 Å². The van der Waals surface area contributed by atoms with Crippen molar-refractivity contribution in [1.29, 1.82) is 0 Å². The van der Waals surface area contributed by atoms with Gasteiger partial charge in [0.25, 0.3) is 0 Å². The van der Waals surface area contributed by atoms with Crippen molar-refractivity contribution in [3.05, 3.63) is 88.8 Å². The van der Waals surface area contributed by atoms with Crippen molar-refractivity contribution in [1.82, 2.24) is 14.5 Å². The predicted octanol–water partition coefficient (Wildman–Crippen LogP) is 6.22. The molecule has 0 N–H and O–H groups in total. The van der Waals surface area contributed by atoms with Gasteiger partial charge in [0.2, 0.25) is 0 Å². The predicted molar refractivity (Wildman–Crippen MR) is 126 cm³/mol. The SMILES string of the molecule is CC1CC(C)(c2ccc3c(c2)C(c2ccccc2Cl)=NCc2c(-c4cnco4)ncn2-3)C1. The quantitative estimate of drug-likeness (QED) is 0.378. The Labute approximate surface area is 191 Å². The smallest absolute Gasteiger partial charge is 0.181 e. The Hall–Kier alpha value is -3.18. The summed E-state index contributed by atoms with van der Waals surface area (Å²) in [5.74, 6) is 1.41. The zero-order valence-electron chi connectivity index (χ0n) is 18.0. The summed E-state index contributed by atoms with van der Waals surface area (Å²) in [6.07, 6.45) is 7.38. The summed E-state index contributed by atoms with van der Waals surface area (Å²) in [6.45, 7) is 5.15. The summed E-state index contributed by atoms with van der Waals surface area (Å²) in [6, 6.07) is 14.7. The van der Waals surface area contributed by atoms with Crippen LogP contribution >= 0.6 is 11.6 Å². The average molecular weight is 443 g/mol. The second kappa shape index (κ2) is 7.17. The number of aromatic nitrogens is 3. The molecule has 6 rings (SSSR count). The first-order valence-electron chi connectivity index (χ1n) is 10.9. The molecule has 0 spiro atoms. The van der Waals surface area contributed by atoms with Gasteiger partial charge in [-0.1, -0.05) is 49.7 Å². The van der Waals surface area contributed by atoms with E-state index in [1.54, 1.807) is 6.20 Å². The van der Waals surface area contributed by atoms with Gasteiger partial charge in [0, 0.05) is 16.1 Å². The van der Waals surface area contributed by atoms with E-state index in [0.29, 0.717) is 17.3 Å². The van der Waals surface area contributed by atoms with Crippen LogP contribution < -0.4 is 0 Å². The third-order valence-corrected chi connectivity index (χ3v) is 7.18. The monoisotopic (exact) mass is 442 g/mol. The Bertz CT molecular complexity index is 1350. The van der Waals surface area contributed by atoms with E-state index >= 15 is 0 Å². The summed E-state index contributed by atoms with van der Waals surface area (Å²) in [5, 5.41) is 0.700. The molecule has 0 amide bonds. The van der Waals surface area contributed by atoms with Crippen molar-refractivity contribution >= 4 is 17.3 Å². The summed E-state index contributed by atoms with van der Waals surface area (Å²) in [4.78, 5) is 13.8. The topological polar surface area (TPSA) is 56.2 Å². The molecule has 3 heterocycles. The molecule has 32 heavy (non-hydrogen) atoms. The molecule has 2 aliphatic rings. The van der Waals surface area contributed by atoms with Crippen molar-refractivity contribution in [3.8, 4) is 17.1 Å². The summed E-state index contributed by atoms with van der Waals surface area (Å²) in [7, 11) is 0. The highest BCUT2D eigenvalue weighted by Gasteiger charge is 2.39. The maximum Gasteiger partial charge on any atom is 0.181 e. The van der Waals surface area contributed by atoms with E-state index in [9.17, 15) is 0 Å². The van der Waals surface area contributed by atoms with Crippen LogP contribution in [0.3, 0.4) is 0 Å². The van der Waals surface area contributed by atoms with Crippen LogP contribution in [0, 0.1) is 5.92 Å². The van der Waals surface area contributed by atoms with E-state index < -0.39 is 0 Å². The van der Waals surface area contributed by atoms with E-state index in [1.165, 1.54) is 24.8 Å². The molecule has 6 heteroatoms. The van der Waals surface area contributed by atoms with Gasteiger partial charge in [-0.15, -0.1) is 0 Å². The van der Waals surface area contributed by atoms with Crippen LogP contribution in [0.5, 0.6) is 0 Å². The van der Waals surface area contributed by atoms with Gasteiger partial charge in [-0.2, -0.15) is 0 Å². The largest absolute Gasteiger partial charge is 0.442 e. The average Bonchev–Trinajstić information content (AvgIpc) is 3.41. The second-order valence-corrected chi connectivity index (χ2v) is 9.63. The number of benzene rings is 2.